The predicted molar refractivity (Wildman–Crippen MR) is 73.5 cm³/mol. The van der Waals surface area contributed by atoms with Gasteiger partial charge in [0.15, 0.2) is 0 Å². The molecule has 1 aliphatic carbocycles. The molecule has 2 fully saturated rings. The highest BCUT2D eigenvalue weighted by atomic mass is 16.5. The fraction of sp³-hybridized carbons (Fsp3) is 0.857. The van der Waals surface area contributed by atoms with Crippen molar-refractivity contribution in [3.05, 3.63) is 0 Å². The van der Waals surface area contributed by atoms with Crippen LogP contribution >= 0.6 is 0 Å². The van der Waals surface area contributed by atoms with Gasteiger partial charge >= 0.3 is 12.0 Å². The van der Waals surface area contributed by atoms with Crippen molar-refractivity contribution < 1.29 is 19.4 Å². The lowest BCUT2D eigenvalue weighted by Gasteiger charge is -2.28. The number of nitrogens with one attached hydrogen (secondary N) is 2. The number of hydrogen-bond acceptors (Lipinski definition) is 3. The number of hydrogen-bond donors (Lipinski definition) is 3. The normalized spacial score (nSPS) is 24.5. The van der Waals surface area contributed by atoms with Crippen LogP contribution in [0.3, 0.4) is 0 Å². The van der Waals surface area contributed by atoms with Crippen LogP contribution in [0.25, 0.3) is 0 Å². The summed E-state index contributed by atoms with van der Waals surface area (Å²) in [5, 5.41) is 14.7. The van der Waals surface area contributed by atoms with Gasteiger partial charge in [-0.2, -0.15) is 0 Å². The van der Waals surface area contributed by atoms with E-state index in [9.17, 15) is 9.59 Å². The number of ether oxygens (including phenoxy) is 1. The first-order valence-electron chi connectivity index (χ1n) is 7.45. The van der Waals surface area contributed by atoms with Crippen LogP contribution in [0.5, 0.6) is 0 Å². The maximum atomic E-state index is 11.9. The van der Waals surface area contributed by atoms with Crippen molar-refractivity contribution in [3.63, 3.8) is 0 Å². The summed E-state index contributed by atoms with van der Waals surface area (Å²) in [6.07, 6.45) is 5.45. The Balaban J connectivity index is 1.72. The van der Waals surface area contributed by atoms with E-state index in [4.69, 9.17) is 9.84 Å². The minimum absolute atomic E-state index is 0.0108. The highest BCUT2D eigenvalue weighted by molar-refractivity contribution is 5.76. The summed E-state index contributed by atoms with van der Waals surface area (Å²) in [5.41, 5.74) is -0.549. The maximum absolute atomic E-state index is 11.9. The zero-order chi connectivity index (χ0) is 14.4. The molecule has 0 spiro atoms. The molecule has 0 aromatic carbocycles. The molecule has 0 aromatic rings. The number of aliphatic carboxylic acids is 1. The highest BCUT2D eigenvalue weighted by Crippen LogP contribution is 2.32. The van der Waals surface area contributed by atoms with E-state index >= 15 is 0 Å². The van der Waals surface area contributed by atoms with E-state index in [1.54, 1.807) is 0 Å². The fourth-order valence-corrected chi connectivity index (χ4v) is 3.17. The minimum atomic E-state index is -0.852. The molecular weight excluding hydrogens is 260 g/mol. The van der Waals surface area contributed by atoms with Crippen LogP contribution < -0.4 is 10.6 Å². The lowest BCUT2D eigenvalue weighted by atomic mass is 9.93. The van der Waals surface area contributed by atoms with Crippen molar-refractivity contribution in [2.24, 2.45) is 5.92 Å². The molecule has 0 bridgehead atoms. The Bertz CT molecular complexity index is 347. The van der Waals surface area contributed by atoms with Gasteiger partial charge in [0, 0.05) is 19.8 Å². The molecule has 6 nitrogen and oxygen atoms in total. The molecular formula is C14H24N2O4. The number of carboxylic acids is 1. The first-order chi connectivity index (χ1) is 9.60. The third-order valence-corrected chi connectivity index (χ3v) is 4.29. The molecule has 1 atom stereocenters. The van der Waals surface area contributed by atoms with Crippen LogP contribution in [0.1, 0.15) is 44.9 Å². The van der Waals surface area contributed by atoms with Gasteiger partial charge in [0.2, 0.25) is 0 Å². The number of amides is 2. The molecule has 3 N–H and O–H groups in total. The Morgan fingerprint density at radius 3 is 2.65 bits per heavy atom. The van der Waals surface area contributed by atoms with Crippen LogP contribution in [0.4, 0.5) is 4.79 Å². The van der Waals surface area contributed by atoms with Crippen LogP contribution in [0.2, 0.25) is 0 Å². The lowest BCUT2D eigenvalue weighted by molar-refractivity contribution is -0.138. The second kappa shape index (κ2) is 6.92. The molecule has 0 aromatic heterocycles. The van der Waals surface area contributed by atoms with E-state index in [-0.39, 0.29) is 12.5 Å². The van der Waals surface area contributed by atoms with E-state index in [1.165, 1.54) is 0 Å². The largest absolute Gasteiger partial charge is 0.481 e. The van der Waals surface area contributed by atoms with Gasteiger partial charge in [0.05, 0.1) is 12.0 Å². The molecule has 1 heterocycles. The minimum Gasteiger partial charge on any atom is -0.481 e. The number of carbonyl (C=O) groups is 2. The summed E-state index contributed by atoms with van der Waals surface area (Å²) in [7, 11) is 0. The average molecular weight is 284 g/mol. The standard InChI is InChI=1S/C14H24N2O4/c17-12(18)9-14(5-1-2-6-14)16-13(19)15-7-3-11-4-8-20-10-11/h11H,1-10H2,(H,17,18)(H2,15,16,19). The summed E-state index contributed by atoms with van der Waals surface area (Å²) < 4.78 is 5.29. The van der Waals surface area contributed by atoms with E-state index in [1.807, 2.05) is 0 Å². The van der Waals surface area contributed by atoms with Gasteiger partial charge in [-0.1, -0.05) is 12.8 Å². The van der Waals surface area contributed by atoms with Crippen molar-refractivity contribution in [2.75, 3.05) is 19.8 Å². The van der Waals surface area contributed by atoms with Gasteiger partial charge in [-0.3, -0.25) is 4.79 Å². The van der Waals surface area contributed by atoms with Gasteiger partial charge in [0.1, 0.15) is 0 Å². The first-order valence-corrected chi connectivity index (χ1v) is 7.45. The van der Waals surface area contributed by atoms with Crippen molar-refractivity contribution >= 4 is 12.0 Å². The summed E-state index contributed by atoms with van der Waals surface area (Å²) in [6, 6.07) is -0.243. The van der Waals surface area contributed by atoms with E-state index in [0.29, 0.717) is 12.5 Å². The molecule has 20 heavy (non-hydrogen) atoms. The van der Waals surface area contributed by atoms with E-state index < -0.39 is 11.5 Å². The van der Waals surface area contributed by atoms with Crippen molar-refractivity contribution in [1.82, 2.24) is 10.6 Å². The van der Waals surface area contributed by atoms with Crippen LogP contribution in [0.15, 0.2) is 0 Å². The van der Waals surface area contributed by atoms with Gasteiger partial charge in [-0.15, -0.1) is 0 Å². The average Bonchev–Trinajstić information content (AvgIpc) is 3.00. The third kappa shape index (κ3) is 4.37. The molecule has 1 saturated heterocycles. The molecule has 114 valence electrons. The molecule has 2 aliphatic rings. The Labute approximate surface area is 119 Å². The van der Waals surface area contributed by atoms with Crippen molar-refractivity contribution in [1.29, 1.82) is 0 Å². The van der Waals surface area contributed by atoms with E-state index in [0.717, 1.165) is 51.7 Å². The van der Waals surface area contributed by atoms with Crippen molar-refractivity contribution in [2.45, 2.75) is 50.5 Å². The lowest BCUT2D eigenvalue weighted by Crippen LogP contribution is -2.51. The second-order valence-electron chi connectivity index (χ2n) is 5.96. The van der Waals surface area contributed by atoms with Crippen LogP contribution in [-0.4, -0.2) is 42.4 Å². The molecule has 0 radical (unpaired) electrons. The Kier molecular flexibility index (Phi) is 5.23. The van der Waals surface area contributed by atoms with Gasteiger partial charge in [0.25, 0.3) is 0 Å². The molecule has 1 unspecified atom stereocenters. The molecule has 2 rings (SSSR count). The van der Waals surface area contributed by atoms with Crippen molar-refractivity contribution in [3.8, 4) is 0 Å². The SMILES string of the molecule is O=C(O)CC1(NC(=O)NCCC2CCOC2)CCCC1. The highest BCUT2D eigenvalue weighted by Gasteiger charge is 2.37. The third-order valence-electron chi connectivity index (χ3n) is 4.29. The summed E-state index contributed by atoms with van der Waals surface area (Å²) in [5.74, 6) is -0.315. The summed E-state index contributed by atoms with van der Waals surface area (Å²) in [4.78, 5) is 22.9. The molecule has 1 aliphatic heterocycles. The number of carbonyl (C=O) groups excluding carboxylic acids is 1. The maximum Gasteiger partial charge on any atom is 0.315 e. The zero-order valence-electron chi connectivity index (χ0n) is 11.8. The number of urea groups is 1. The first kappa shape index (κ1) is 15.1. The van der Waals surface area contributed by atoms with Crippen LogP contribution in [0, 0.1) is 5.92 Å². The van der Waals surface area contributed by atoms with Gasteiger partial charge in [-0.25, -0.2) is 4.79 Å². The van der Waals surface area contributed by atoms with Crippen LogP contribution in [-0.2, 0) is 9.53 Å². The smallest absolute Gasteiger partial charge is 0.315 e. The molecule has 1 saturated carbocycles. The molecule has 2 amide bonds. The summed E-state index contributed by atoms with van der Waals surface area (Å²) in [6.45, 7) is 2.22. The number of carboxylic acid groups (broad SMARTS) is 1. The monoisotopic (exact) mass is 284 g/mol. The zero-order valence-corrected chi connectivity index (χ0v) is 11.8. The predicted octanol–water partition coefficient (Wildman–Crippen LogP) is 1.50. The second-order valence-corrected chi connectivity index (χ2v) is 5.96. The molecule has 6 heteroatoms. The van der Waals surface area contributed by atoms with Gasteiger partial charge < -0.3 is 20.5 Å². The Morgan fingerprint density at radius 1 is 1.30 bits per heavy atom. The Morgan fingerprint density at radius 2 is 2.05 bits per heavy atom. The summed E-state index contributed by atoms with van der Waals surface area (Å²) >= 11 is 0. The van der Waals surface area contributed by atoms with Gasteiger partial charge in [-0.05, 0) is 31.6 Å². The number of rotatable bonds is 6. The quantitative estimate of drug-likeness (QED) is 0.689. The fourth-order valence-electron chi connectivity index (χ4n) is 3.17. The van der Waals surface area contributed by atoms with E-state index in [2.05, 4.69) is 10.6 Å². The Hall–Kier alpha value is -1.30. The topological polar surface area (TPSA) is 87.7 Å².